The van der Waals surface area contributed by atoms with Gasteiger partial charge < -0.3 is 4.90 Å². The van der Waals surface area contributed by atoms with E-state index in [0.717, 1.165) is 4.68 Å². The zero-order chi connectivity index (χ0) is 19.6. The second-order valence-corrected chi connectivity index (χ2v) is 6.39. The van der Waals surface area contributed by atoms with Gasteiger partial charge in [-0.05, 0) is 12.1 Å². The SMILES string of the molecule is O=c1c(Cl)c(N2CCN(CC(F)F)CC2)cnn1-c1ccc([N+](=O)[O-])cc1. The van der Waals surface area contributed by atoms with E-state index in [4.69, 9.17) is 11.6 Å². The Kier molecular flexibility index (Phi) is 5.66. The molecule has 2 aromatic rings. The topological polar surface area (TPSA) is 84.5 Å². The van der Waals surface area contributed by atoms with Crippen LogP contribution >= 0.6 is 11.6 Å². The van der Waals surface area contributed by atoms with Crippen molar-refractivity contribution in [1.82, 2.24) is 14.7 Å². The van der Waals surface area contributed by atoms with Crippen molar-refractivity contribution in [1.29, 1.82) is 0 Å². The number of piperazine rings is 1. The van der Waals surface area contributed by atoms with Gasteiger partial charge >= 0.3 is 0 Å². The molecular formula is C16H16ClF2N5O3. The van der Waals surface area contributed by atoms with Crippen molar-refractivity contribution in [2.45, 2.75) is 6.43 Å². The number of halogens is 3. The van der Waals surface area contributed by atoms with E-state index in [0.29, 0.717) is 37.6 Å². The van der Waals surface area contributed by atoms with Crippen molar-refractivity contribution in [2.24, 2.45) is 0 Å². The molecule has 27 heavy (non-hydrogen) atoms. The molecule has 1 aliphatic rings. The average Bonchev–Trinajstić information content (AvgIpc) is 2.64. The number of aromatic nitrogens is 2. The van der Waals surface area contributed by atoms with Gasteiger partial charge in [-0.15, -0.1) is 0 Å². The third-order valence-electron chi connectivity index (χ3n) is 4.31. The second-order valence-electron chi connectivity index (χ2n) is 6.01. The summed E-state index contributed by atoms with van der Waals surface area (Å²) in [5.74, 6) is 0. The molecular weight excluding hydrogens is 384 g/mol. The maximum absolute atomic E-state index is 12.6. The molecule has 0 bridgehead atoms. The number of anilines is 1. The summed E-state index contributed by atoms with van der Waals surface area (Å²) in [5.41, 5.74) is 0.131. The number of hydrogen-bond acceptors (Lipinski definition) is 6. The number of hydrogen-bond donors (Lipinski definition) is 0. The molecule has 1 aromatic heterocycles. The zero-order valence-corrected chi connectivity index (χ0v) is 14.9. The summed E-state index contributed by atoms with van der Waals surface area (Å²) in [5, 5.41) is 14.8. The predicted octanol–water partition coefficient (Wildman–Crippen LogP) is 2.18. The number of benzene rings is 1. The third kappa shape index (κ3) is 4.22. The molecule has 1 aliphatic heterocycles. The van der Waals surface area contributed by atoms with Crippen LogP contribution in [0.25, 0.3) is 5.69 Å². The summed E-state index contributed by atoms with van der Waals surface area (Å²) in [4.78, 5) is 26.2. The Morgan fingerprint density at radius 2 is 1.81 bits per heavy atom. The van der Waals surface area contributed by atoms with Gasteiger partial charge in [-0.1, -0.05) is 11.6 Å². The lowest BCUT2D eigenvalue weighted by Gasteiger charge is -2.35. The van der Waals surface area contributed by atoms with Crippen molar-refractivity contribution in [3.8, 4) is 5.69 Å². The Morgan fingerprint density at radius 1 is 1.19 bits per heavy atom. The highest BCUT2D eigenvalue weighted by Gasteiger charge is 2.23. The largest absolute Gasteiger partial charge is 0.366 e. The molecule has 11 heteroatoms. The fraction of sp³-hybridized carbons (Fsp3) is 0.375. The molecule has 0 N–H and O–H groups in total. The normalized spacial score (nSPS) is 15.3. The molecule has 0 unspecified atom stereocenters. The Morgan fingerprint density at radius 3 is 2.37 bits per heavy atom. The van der Waals surface area contributed by atoms with Crippen LogP contribution in [0, 0.1) is 10.1 Å². The highest BCUT2D eigenvalue weighted by molar-refractivity contribution is 6.33. The molecule has 0 saturated carbocycles. The molecule has 8 nitrogen and oxygen atoms in total. The van der Waals surface area contributed by atoms with Crippen LogP contribution in [0.5, 0.6) is 0 Å². The van der Waals surface area contributed by atoms with Gasteiger partial charge in [0.15, 0.2) is 0 Å². The highest BCUT2D eigenvalue weighted by atomic mass is 35.5. The minimum atomic E-state index is -2.38. The van der Waals surface area contributed by atoms with Gasteiger partial charge in [-0.2, -0.15) is 9.78 Å². The van der Waals surface area contributed by atoms with Gasteiger partial charge in [0.25, 0.3) is 17.7 Å². The average molecular weight is 400 g/mol. The highest BCUT2D eigenvalue weighted by Crippen LogP contribution is 2.23. The fourth-order valence-electron chi connectivity index (χ4n) is 2.91. The van der Waals surface area contributed by atoms with Crippen molar-refractivity contribution in [3.63, 3.8) is 0 Å². The first-order chi connectivity index (χ1) is 12.9. The Bertz CT molecular complexity index is 883. The smallest absolute Gasteiger partial charge is 0.292 e. The van der Waals surface area contributed by atoms with Crippen LogP contribution in [0.3, 0.4) is 0 Å². The predicted molar refractivity (Wildman–Crippen MR) is 96.2 cm³/mol. The molecule has 0 radical (unpaired) electrons. The van der Waals surface area contributed by atoms with E-state index in [2.05, 4.69) is 5.10 Å². The van der Waals surface area contributed by atoms with Crippen molar-refractivity contribution < 1.29 is 13.7 Å². The van der Waals surface area contributed by atoms with Gasteiger partial charge in [-0.25, -0.2) is 8.78 Å². The molecule has 0 atom stereocenters. The zero-order valence-electron chi connectivity index (χ0n) is 14.1. The van der Waals surface area contributed by atoms with Gasteiger partial charge in [0, 0.05) is 38.3 Å². The van der Waals surface area contributed by atoms with Crippen molar-refractivity contribution in [2.75, 3.05) is 37.6 Å². The third-order valence-corrected chi connectivity index (χ3v) is 4.67. The van der Waals surface area contributed by atoms with E-state index in [-0.39, 0.29) is 17.3 Å². The number of nitrogens with zero attached hydrogens (tertiary/aromatic N) is 5. The molecule has 1 aromatic carbocycles. The van der Waals surface area contributed by atoms with E-state index < -0.39 is 16.9 Å². The van der Waals surface area contributed by atoms with Gasteiger partial charge in [0.05, 0.1) is 29.0 Å². The lowest BCUT2D eigenvalue weighted by molar-refractivity contribution is -0.384. The van der Waals surface area contributed by atoms with Gasteiger partial charge in [0.2, 0.25) is 0 Å². The number of non-ortho nitro benzene ring substituents is 1. The van der Waals surface area contributed by atoms with E-state index in [1.165, 1.54) is 30.5 Å². The van der Waals surface area contributed by atoms with E-state index in [9.17, 15) is 23.7 Å². The minimum absolute atomic E-state index is 0.0364. The van der Waals surface area contributed by atoms with Gasteiger partial charge in [-0.3, -0.25) is 19.8 Å². The molecule has 0 spiro atoms. The first-order valence-corrected chi connectivity index (χ1v) is 8.52. The standard InChI is InChI=1S/C16H16ClF2N5O3/c17-15-13(22-7-5-21(6-8-22)10-14(18)19)9-20-23(16(15)25)11-1-3-12(4-2-11)24(26)27/h1-4,9,14H,5-8,10H2. The van der Waals surface area contributed by atoms with Crippen LogP contribution in [0.4, 0.5) is 20.2 Å². The molecule has 1 fully saturated rings. The molecule has 3 rings (SSSR count). The molecule has 0 aliphatic carbocycles. The summed E-state index contributed by atoms with van der Waals surface area (Å²) >= 11 is 6.23. The minimum Gasteiger partial charge on any atom is -0.366 e. The van der Waals surface area contributed by atoms with Crippen LogP contribution in [0.1, 0.15) is 0 Å². The summed E-state index contributed by atoms with van der Waals surface area (Å²) in [6.45, 7) is 1.50. The molecule has 2 heterocycles. The summed E-state index contributed by atoms with van der Waals surface area (Å²) in [7, 11) is 0. The monoisotopic (exact) mass is 399 g/mol. The van der Waals surface area contributed by atoms with E-state index >= 15 is 0 Å². The first-order valence-electron chi connectivity index (χ1n) is 8.15. The Labute approximate surface area is 157 Å². The first kappa shape index (κ1) is 19.2. The van der Waals surface area contributed by atoms with Crippen molar-refractivity contribution in [3.05, 3.63) is 56.0 Å². The lowest BCUT2D eigenvalue weighted by atomic mass is 10.2. The van der Waals surface area contributed by atoms with Crippen molar-refractivity contribution >= 4 is 23.0 Å². The quantitative estimate of drug-likeness (QED) is 0.566. The number of nitro benzene ring substituents is 1. The second kappa shape index (κ2) is 7.97. The maximum Gasteiger partial charge on any atom is 0.292 e. The molecule has 144 valence electrons. The molecule has 0 amide bonds. The number of alkyl halides is 2. The van der Waals surface area contributed by atoms with Gasteiger partial charge in [0.1, 0.15) is 5.02 Å². The summed E-state index contributed by atoms with van der Waals surface area (Å²) in [6.07, 6.45) is -0.944. The fourth-order valence-corrected chi connectivity index (χ4v) is 3.16. The Balaban J connectivity index is 1.80. The summed E-state index contributed by atoms with van der Waals surface area (Å²) < 4.78 is 26.0. The van der Waals surface area contributed by atoms with Crippen LogP contribution < -0.4 is 10.5 Å². The lowest BCUT2D eigenvalue weighted by Crippen LogP contribution is -2.48. The van der Waals surface area contributed by atoms with E-state index in [1.54, 1.807) is 4.90 Å². The number of rotatable bonds is 5. The molecule has 1 saturated heterocycles. The van der Waals surface area contributed by atoms with E-state index in [1.807, 2.05) is 4.90 Å². The van der Waals surface area contributed by atoms with Crippen LogP contribution in [-0.4, -0.2) is 58.8 Å². The van der Waals surface area contributed by atoms with Crippen LogP contribution in [-0.2, 0) is 0 Å². The van der Waals surface area contributed by atoms with Crippen LogP contribution in [0.2, 0.25) is 5.02 Å². The Hall–Kier alpha value is -2.59. The maximum atomic E-state index is 12.6. The number of nitro groups is 1. The summed E-state index contributed by atoms with van der Waals surface area (Å²) in [6, 6.07) is 5.36. The van der Waals surface area contributed by atoms with Crippen LogP contribution in [0.15, 0.2) is 35.3 Å².